The maximum Gasteiger partial charge on any atom is 0.103 e. The molecule has 1 saturated heterocycles. The zero-order valence-corrected chi connectivity index (χ0v) is 11.3. The van der Waals surface area contributed by atoms with Crippen LogP contribution in [0.25, 0.3) is 0 Å². The Bertz CT molecular complexity index is 526. The number of rotatable bonds is 2. The Morgan fingerprint density at radius 2 is 1.32 bits per heavy atom. The summed E-state index contributed by atoms with van der Waals surface area (Å²) >= 11 is 0. The molecule has 1 heterocycles. The summed E-state index contributed by atoms with van der Waals surface area (Å²) in [6.45, 7) is 0. The van der Waals surface area contributed by atoms with Crippen LogP contribution < -0.4 is 5.43 Å². The van der Waals surface area contributed by atoms with Crippen molar-refractivity contribution in [2.45, 2.75) is 12.3 Å². The van der Waals surface area contributed by atoms with Gasteiger partial charge in [0.2, 0.25) is 0 Å². The van der Waals surface area contributed by atoms with E-state index in [1.807, 2.05) is 0 Å². The molecule has 3 rings (SSSR count). The zero-order chi connectivity index (χ0) is 13.2. The average Bonchev–Trinajstić information content (AvgIpc) is 2.76. The molecule has 2 unspecified atom stereocenters. The first kappa shape index (κ1) is 12.4. The molecule has 0 spiro atoms. The van der Waals surface area contributed by atoms with Crippen LogP contribution >= 0.6 is 0 Å². The Balaban J connectivity index is 1.90. The first-order chi connectivity index (χ1) is 9.27. The Hall–Kier alpha value is -1.68. The normalized spacial score (nSPS) is 24.7. The molecule has 19 heavy (non-hydrogen) atoms. The lowest BCUT2D eigenvalue weighted by atomic mass is 10.1. The largest absolute Gasteiger partial charge is 0.266 e. The van der Waals surface area contributed by atoms with Gasteiger partial charge in [0.25, 0.3) is 0 Å². The third-order valence-corrected chi connectivity index (χ3v) is 3.70. The fraction of sp³-hybridized carbons (Fsp3) is 0.250. The molecular formula is C16H19N3. The van der Waals surface area contributed by atoms with Gasteiger partial charge in [0.1, 0.15) is 12.3 Å². The number of nitrogens with zero attached hydrogens (tertiary/aromatic N) is 2. The lowest BCUT2D eigenvalue weighted by Gasteiger charge is -2.25. The van der Waals surface area contributed by atoms with Gasteiger partial charge < -0.3 is 0 Å². The third kappa shape index (κ3) is 2.28. The Morgan fingerprint density at radius 3 is 1.89 bits per heavy atom. The van der Waals surface area contributed by atoms with Gasteiger partial charge in [-0.25, -0.2) is 10.4 Å². The van der Waals surface area contributed by atoms with Gasteiger partial charge in [-0.05, 0) is 18.2 Å². The molecule has 1 aliphatic heterocycles. The predicted molar refractivity (Wildman–Crippen MR) is 77.0 cm³/mol. The number of hydrogen-bond donors (Lipinski definition) is 1. The van der Waals surface area contributed by atoms with Crippen molar-refractivity contribution in [1.82, 2.24) is 15.3 Å². The summed E-state index contributed by atoms with van der Waals surface area (Å²) in [7, 11) is 4.25. The van der Waals surface area contributed by atoms with Gasteiger partial charge in [-0.1, -0.05) is 60.7 Å². The lowest BCUT2D eigenvalue weighted by molar-refractivity contribution is 0.162. The fourth-order valence-electron chi connectivity index (χ4n) is 2.80. The van der Waals surface area contributed by atoms with Gasteiger partial charge in [-0.15, -0.1) is 0 Å². The monoisotopic (exact) mass is 253 g/mol. The molecule has 0 saturated carbocycles. The van der Waals surface area contributed by atoms with Crippen molar-refractivity contribution < 1.29 is 0 Å². The molecule has 1 N–H and O–H groups in total. The van der Waals surface area contributed by atoms with Crippen molar-refractivity contribution in [2.75, 3.05) is 14.1 Å². The van der Waals surface area contributed by atoms with E-state index in [1.165, 1.54) is 11.1 Å². The van der Waals surface area contributed by atoms with Crippen LogP contribution in [0.3, 0.4) is 0 Å². The summed E-state index contributed by atoms with van der Waals surface area (Å²) in [6, 6.07) is 21.1. The first-order valence-electron chi connectivity index (χ1n) is 6.58. The second-order valence-electron chi connectivity index (χ2n) is 5.00. The topological polar surface area (TPSA) is 18.5 Å². The Morgan fingerprint density at radius 1 is 0.789 bits per heavy atom. The third-order valence-electron chi connectivity index (χ3n) is 3.70. The summed E-state index contributed by atoms with van der Waals surface area (Å²) in [5.41, 5.74) is 6.12. The van der Waals surface area contributed by atoms with Crippen LogP contribution in [0.4, 0.5) is 0 Å². The van der Waals surface area contributed by atoms with E-state index in [-0.39, 0.29) is 12.3 Å². The van der Waals surface area contributed by atoms with Crippen LogP contribution in [0.5, 0.6) is 0 Å². The average molecular weight is 253 g/mol. The summed E-state index contributed by atoms with van der Waals surface area (Å²) < 4.78 is 0. The summed E-state index contributed by atoms with van der Waals surface area (Å²) in [5, 5.41) is 2.17. The molecule has 98 valence electrons. The quantitative estimate of drug-likeness (QED) is 0.888. The van der Waals surface area contributed by atoms with Crippen molar-refractivity contribution in [3.63, 3.8) is 0 Å². The van der Waals surface area contributed by atoms with Gasteiger partial charge in [0.05, 0.1) is 0 Å². The summed E-state index contributed by atoms with van der Waals surface area (Å²) in [4.78, 5) is 2.35. The highest BCUT2D eigenvalue weighted by Crippen LogP contribution is 2.34. The highest BCUT2D eigenvalue weighted by Gasteiger charge is 2.35. The zero-order valence-electron chi connectivity index (χ0n) is 11.3. The maximum atomic E-state index is 3.53. The molecule has 3 nitrogen and oxygen atoms in total. The van der Waals surface area contributed by atoms with Crippen LogP contribution in [-0.2, 0) is 0 Å². The van der Waals surface area contributed by atoms with Crippen molar-refractivity contribution in [1.29, 1.82) is 0 Å². The van der Waals surface area contributed by atoms with E-state index in [1.54, 1.807) is 0 Å². The van der Waals surface area contributed by atoms with E-state index in [0.717, 1.165) is 0 Å². The van der Waals surface area contributed by atoms with Crippen LogP contribution in [-0.4, -0.2) is 24.0 Å². The molecule has 2 aromatic carbocycles. The smallest absolute Gasteiger partial charge is 0.103 e. The number of nitrogens with one attached hydrogen (secondary N) is 1. The van der Waals surface area contributed by atoms with Crippen molar-refractivity contribution >= 4 is 0 Å². The standard InChI is InChI=1S/C16H19N3/c1-18-15(13-9-5-3-6-10-13)17-19(2)16(18)14-11-7-4-8-12-14/h3-12,15-17H,1-2H3. The minimum absolute atomic E-state index is 0.219. The van der Waals surface area contributed by atoms with E-state index in [9.17, 15) is 0 Å². The van der Waals surface area contributed by atoms with Crippen LogP contribution in [0.2, 0.25) is 0 Å². The molecule has 3 heteroatoms. The Kier molecular flexibility index (Phi) is 3.34. The highest BCUT2D eigenvalue weighted by molar-refractivity contribution is 5.23. The van der Waals surface area contributed by atoms with Gasteiger partial charge in [0, 0.05) is 7.05 Å². The van der Waals surface area contributed by atoms with Crippen LogP contribution in [0.1, 0.15) is 23.5 Å². The second-order valence-corrected chi connectivity index (χ2v) is 5.00. The summed E-state index contributed by atoms with van der Waals surface area (Å²) in [6.07, 6.45) is 0.475. The minimum Gasteiger partial charge on any atom is -0.266 e. The van der Waals surface area contributed by atoms with E-state index in [4.69, 9.17) is 0 Å². The maximum absolute atomic E-state index is 3.53. The van der Waals surface area contributed by atoms with E-state index in [0.29, 0.717) is 0 Å². The second kappa shape index (κ2) is 5.13. The number of hydrazine groups is 1. The van der Waals surface area contributed by atoms with E-state index in [2.05, 4.69) is 90.1 Å². The molecule has 0 amide bonds. The molecule has 0 aromatic heterocycles. The van der Waals surface area contributed by atoms with Gasteiger partial charge in [-0.3, -0.25) is 4.90 Å². The molecule has 0 bridgehead atoms. The highest BCUT2D eigenvalue weighted by atomic mass is 15.7. The Labute approximate surface area is 114 Å². The molecule has 2 aromatic rings. The van der Waals surface area contributed by atoms with Gasteiger partial charge in [0.15, 0.2) is 0 Å². The van der Waals surface area contributed by atoms with Gasteiger partial charge >= 0.3 is 0 Å². The SMILES string of the molecule is CN1NC(c2ccccc2)N(C)C1c1ccccc1. The van der Waals surface area contributed by atoms with Crippen molar-refractivity contribution in [2.24, 2.45) is 0 Å². The first-order valence-corrected chi connectivity index (χ1v) is 6.58. The van der Waals surface area contributed by atoms with Crippen molar-refractivity contribution in [3.05, 3.63) is 71.8 Å². The lowest BCUT2D eigenvalue weighted by Crippen LogP contribution is -2.29. The molecule has 0 radical (unpaired) electrons. The number of benzene rings is 2. The van der Waals surface area contributed by atoms with E-state index >= 15 is 0 Å². The van der Waals surface area contributed by atoms with Crippen LogP contribution in [0.15, 0.2) is 60.7 Å². The molecule has 1 fully saturated rings. The van der Waals surface area contributed by atoms with Crippen LogP contribution in [0, 0.1) is 0 Å². The molecular weight excluding hydrogens is 234 g/mol. The number of hydrogen-bond acceptors (Lipinski definition) is 3. The van der Waals surface area contributed by atoms with Gasteiger partial charge in [-0.2, -0.15) is 0 Å². The predicted octanol–water partition coefficient (Wildman–Crippen LogP) is 2.77. The molecule has 2 atom stereocenters. The molecule has 0 aliphatic carbocycles. The minimum atomic E-state index is 0.219. The fourth-order valence-corrected chi connectivity index (χ4v) is 2.80. The van der Waals surface area contributed by atoms with E-state index < -0.39 is 0 Å². The van der Waals surface area contributed by atoms with Crippen molar-refractivity contribution in [3.8, 4) is 0 Å². The summed E-state index contributed by atoms with van der Waals surface area (Å²) in [5.74, 6) is 0. The molecule has 1 aliphatic rings.